The molecule has 0 radical (unpaired) electrons. The van der Waals surface area contributed by atoms with Crippen LogP contribution in [0.15, 0.2) is 53.4 Å². The fourth-order valence-electron chi connectivity index (χ4n) is 4.91. The van der Waals surface area contributed by atoms with E-state index in [-0.39, 0.29) is 23.4 Å². The van der Waals surface area contributed by atoms with Crippen LogP contribution in [-0.4, -0.2) is 26.9 Å². The summed E-state index contributed by atoms with van der Waals surface area (Å²) in [6, 6.07) is 14.1. The molecule has 29 heavy (non-hydrogen) atoms. The number of hydrogen-bond donors (Lipinski definition) is 1. The predicted molar refractivity (Wildman–Crippen MR) is 114 cm³/mol. The zero-order chi connectivity index (χ0) is 20.6. The molecule has 2 saturated carbocycles. The molecule has 2 aromatic rings. The van der Waals surface area contributed by atoms with Crippen LogP contribution >= 0.6 is 0 Å². The van der Waals surface area contributed by atoms with E-state index in [9.17, 15) is 13.2 Å². The van der Waals surface area contributed by atoms with Crippen LogP contribution in [0.2, 0.25) is 0 Å². The third kappa shape index (κ3) is 4.04. The second-order valence-electron chi connectivity index (χ2n) is 8.46. The van der Waals surface area contributed by atoms with Crippen LogP contribution in [0.25, 0.3) is 0 Å². The molecule has 154 valence electrons. The minimum Gasteiger partial charge on any atom is -0.352 e. The molecule has 0 unspecified atom stereocenters. The molecule has 0 aliphatic heterocycles. The molecule has 2 aliphatic carbocycles. The Bertz CT molecular complexity index is 1000. The standard InChI is InChI=1S/C23H28N2O3S/c1-16-8-11-22(17(2)12-16)25(29(27,28)20-6-4-3-5-7-20)15-23(26)24-21-14-18-9-10-19(21)13-18/h3-8,11-12,18-19,21H,9-10,13-15H2,1-2H3,(H,24,26)/t18-,19-,21+/m0/s1. The van der Waals surface area contributed by atoms with Gasteiger partial charge in [0.1, 0.15) is 6.54 Å². The first-order valence-corrected chi connectivity index (χ1v) is 11.7. The van der Waals surface area contributed by atoms with Crippen molar-refractivity contribution in [1.82, 2.24) is 5.32 Å². The Kier molecular flexibility index (Phi) is 5.38. The summed E-state index contributed by atoms with van der Waals surface area (Å²) in [7, 11) is -3.86. The molecule has 6 heteroatoms. The van der Waals surface area contributed by atoms with Crippen molar-refractivity contribution in [3.05, 3.63) is 59.7 Å². The van der Waals surface area contributed by atoms with Crippen molar-refractivity contribution in [2.45, 2.75) is 50.5 Å². The highest BCUT2D eigenvalue weighted by Gasteiger charge is 2.40. The Morgan fingerprint density at radius 1 is 1.07 bits per heavy atom. The molecule has 1 N–H and O–H groups in total. The first-order valence-electron chi connectivity index (χ1n) is 10.3. The largest absolute Gasteiger partial charge is 0.352 e. The molecule has 3 atom stereocenters. The first-order chi connectivity index (χ1) is 13.8. The maximum atomic E-state index is 13.4. The van der Waals surface area contributed by atoms with E-state index in [1.807, 2.05) is 26.0 Å². The maximum Gasteiger partial charge on any atom is 0.264 e. The van der Waals surface area contributed by atoms with E-state index in [2.05, 4.69) is 5.32 Å². The quantitative estimate of drug-likeness (QED) is 0.785. The van der Waals surface area contributed by atoms with Crippen molar-refractivity contribution in [3.8, 4) is 0 Å². The Balaban J connectivity index is 1.62. The zero-order valence-electron chi connectivity index (χ0n) is 17.0. The zero-order valence-corrected chi connectivity index (χ0v) is 17.8. The molecule has 2 bridgehead atoms. The molecule has 0 saturated heterocycles. The van der Waals surface area contributed by atoms with Crippen LogP contribution in [0.1, 0.15) is 36.8 Å². The number of nitrogens with one attached hydrogen (secondary N) is 1. The molecule has 5 nitrogen and oxygen atoms in total. The van der Waals surface area contributed by atoms with E-state index in [1.54, 1.807) is 36.4 Å². The average Bonchev–Trinajstić information content (AvgIpc) is 3.30. The number of amides is 1. The number of anilines is 1. The van der Waals surface area contributed by atoms with Crippen molar-refractivity contribution >= 4 is 21.6 Å². The van der Waals surface area contributed by atoms with Crippen LogP contribution in [0.3, 0.4) is 0 Å². The fourth-order valence-corrected chi connectivity index (χ4v) is 6.42. The predicted octanol–water partition coefficient (Wildman–Crippen LogP) is 3.80. The summed E-state index contributed by atoms with van der Waals surface area (Å²) in [5.74, 6) is 1.03. The summed E-state index contributed by atoms with van der Waals surface area (Å²) >= 11 is 0. The molecule has 2 aromatic carbocycles. The van der Waals surface area contributed by atoms with Crippen LogP contribution in [-0.2, 0) is 14.8 Å². The molecule has 4 rings (SSSR count). The summed E-state index contributed by atoms with van der Waals surface area (Å²) in [5, 5.41) is 3.12. The molecule has 0 heterocycles. The minimum atomic E-state index is -3.86. The van der Waals surface area contributed by atoms with Gasteiger partial charge in [0.05, 0.1) is 10.6 Å². The van der Waals surface area contributed by atoms with Gasteiger partial charge in [0.25, 0.3) is 10.0 Å². The lowest BCUT2D eigenvalue weighted by molar-refractivity contribution is -0.120. The van der Waals surface area contributed by atoms with Crippen molar-refractivity contribution in [1.29, 1.82) is 0 Å². The second-order valence-corrected chi connectivity index (χ2v) is 10.3. The lowest BCUT2D eigenvalue weighted by atomic mass is 9.95. The van der Waals surface area contributed by atoms with Gasteiger partial charge in [0, 0.05) is 6.04 Å². The van der Waals surface area contributed by atoms with Gasteiger partial charge in [-0.15, -0.1) is 0 Å². The Morgan fingerprint density at radius 3 is 2.45 bits per heavy atom. The molecular formula is C23H28N2O3S. The Morgan fingerprint density at radius 2 is 1.83 bits per heavy atom. The summed E-state index contributed by atoms with van der Waals surface area (Å²) in [4.78, 5) is 13.1. The van der Waals surface area contributed by atoms with Gasteiger partial charge in [0.15, 0.2) is 0 Å². The Labute approximate surface area is 173 Å². The van der Waals surface area contributed by atoms with Crippen LogP contribution < -0.4 is 9.62 Å². The second kappa shape index (κ2) is 7.82. The molecule has 0 spiro atoms. The minimum absolute atomic E-state index is 0.182. The molecular weight excluding hydrogens is 384 g/mol. The summed E-state index contributed by atoms with van der Waals surface area (Å²) in [5.41, 5.74) is 2.43. The van der Waals surface area contributed by atoms with Gasteiger partial charge in [-0.05, 0) is 68.7 Å². The van der Waals surface area contributed by atoms with Crippen molar-refractivity contribution in [2.24, 2.45) is 11.8 Å². The van der Waals surface area contributed by atoms with Gasteiger partial charge in [0.2, 0.25) is 5.91 Å². The van der Waals surface area contributed by atoms with E-state index < -0.39 is 10.0 Å². The highest BCUT2D eigenvalue weighted by Crippen LogP contribution is 2.44. The van der Waals surface area contributed by atoms with Crippen LogP contribution in [0, 0.1) is 25.7 Å². The highest BCUT2D eigenvalue weighted by atomic mass is 32.2. The normalized spacial score (nSPS) is 23.2. The summed E-state index contributed by atoms with van der Waals surface area (Å²) in [6.45, 7) is 3.63. The van der Waals surface area contributed by atoms with Crippen molar-refractivity contribution < 1.29 is 13.2 Å². The van der Waals surface area contributed by atoms with Crippen LogP contribution in [0.5, 0.6) is 0 Å². The third-order valence-electron chi connectivity index (χ3n) is 6.32. The van der Waals surface area contributed by atoms with Gasteiger partial charge in [-0.1, -0.05) is 42.3 Å². The van der Waals surface area contributed by atoms with E-state index in [0.29, 0.717) is 17.5 Å². The van der Waals surface area contributed by atoms with E-state index in [4.69, 9.17) is 0 Å². The lowest BCUT2D eigenvalue weighted by Crippen LogP contribution is -2.46. The number of carbonyl (C=O) groups is 1. The molecule has 1 amide bonds. The summed E-state index contributed by atoms with van der Waals surface area (Å²) < 4.78 is 28.1. The maximum absolute atomic E-state index is 13.4. The monoisotopic (exact) mass is 412 g/mol. The van der Waals surface area contributed by atoms with E-state index >= 15 is 0 Å². The van der Waals surface area contributed by atoms with Gasteiger partial charge >= 0.3 is 0 Å². The van der Waals surface area contributed by atoms with Crippen molar-refractivity contribution in [3.63, 3.8) is 0 Å². The molecule has 2 fully saturated rings. The molecule has 0 aromatic heterocycles. The first kappa shape index (κ1) is 20.0. The topological polar surface area (TPSA) is 66.5 Å². The third-order valence-corrected chi connectivity index (χ3v) is 8.10. The molecule has 2 aliphatic rings. The number of aryl methyl sites for hydroxylation is 2. The van der Waals surface area contributed by atoms with Gasteiger partial charge in [-0.2, -0.15) is 0 Å². The van der Waals surface area contributed by atoms with Gasteiger partial charge < -0.3 is 5.32 Å². The summed E-state index contributed by atoms with van der Waals surface area (Å²) in [6.07, 6.45) is 4.63. The average molecular weight is 413 g/mol. The Hall–Kier alpha value is -2.34. The van der Waals surface area contributed by atoms with Gasteiger partial charge in [-0.3, -0.25) is 9.10 Å². The van der Waals surface area contributed by atoms with Crippen LogP contribution in [0.4, 0.5) is 5.69 Å². The SMILES string of the molecule is Cc1ccc(N(CC(=O)N[C@@H]2C[C@H]3CC[C@H]2C3)S(=O)(=O)c2ccccc2)c(C)c1. The number of hydrogen-bond acceptors (Lipinski definition) is 3. The van der Waals surface area contributed by atoms with Crippen molar-refractivity contribution in [2.75, 3.05) is 10.8 Å². The number of sulfonamides is 1. The number of benzene rings is 2. The fraction of sp³-hybridized carbons (Fsp3) is 0.435. The lowest BCUT2D eigenvalue weighted by Gasteiger charge is -2.28. The van der Waals surface area contributed by atoms with Gasteiger partial charge in [-0.25, -0.2) is 8.42 Å². The van der Waals surface area contributed by atoms with E-state index in [1.165, 1.54) is 23.6 Å². The smallest absolute Gasteiger partial charge is 0.264 e. The number of fused-ring (bicyclic) bond motifs is 2. The number of carbonyl (C=O) groups excluding carboxylic acids is 1. The van der Waals surface area contributed by atoms with E-state index in [0.717, 1.165) is 17.5 Å². The number of rotatable bonds is 6. The highest BCUT2D eigenvalue weighted by molar-refractivity contribution is 7.92. The number of nitrogens with zero attached hydrogens (tertiary/aromatic N) is 1.